The predicted octanol–water partition coefficient (Wildman–Crippen LogP) is 7.78. The first-order valence-corrected chi connectivity index (χ1v) is 11.6. The van der Waals surface area contributed by atoms with Crippen LogP contribution in [0.2, 0.25) is 10.0 Å². The molecule has 0 radical (unpaired) electrons. The van der Waals surface area contributed by atoms with Crippen molar-refractivity contribution < 1.29 is 18.3 Å². The molecule has 0 bridgehead atoms. The van der Waals surface area contributed by atoms with E-state index in [9.17, 15) is 13.6 Å². The molecular formula is C26H22Cl2F2N2O2. The molecule has 0 fully saturated rings. The molecule has 1 aromatic heterocycles. The molecule has 176 valence electrons. The van der Waals surface area contributed by atoms with E-state index in [-0.39, 0.29) is 11.6 Å². The van der Waals surface area contributed by atoms with Crippen LogP contribution >= 0.6 is 23.2 Å². The van der Waals surface area contributed by atoms with Gasteiger partial charge in [-0.1, -0.05) is 35.3 Å². The highest BCUT2D eigenvalue weighted by Gasteiger charge is 2.20. The number of amides is 1. The van der Waals surface area contributed by atoms with Gasteiger partial charge in [-0.05, 0) is 61.9 Å². The summed E-state index contributed by atoms with van der Waals surface area (Å²) in [5, 5.41) is 1.02. The SMILES string of the molecule is CCN(CC)C(=O)Oc1ccc2c(ccn2Cc2c(F)cccc2Cl)c1-c1ccc(F)c(Cl)c1. The van der Waals surface area contributed by atoms with Gasteiger partial charge < -0.3 is 14.2 Å². The lowest BCUT2D eigenvalue weighted by molar-refractivity contribution is 0.157. The molecule has 1 heterocycles. The summed E-state index contributed by atoms with van der Waals surface area (Å²) in [5.41, 5.74) is 2.29. The van der Waals surface area contributed by atoms with Gasteiger partial charge in [0.2, 0.25) is 0 Å². The van der Waals surface area contributed by atoms with Gasteiger partial charge in [0.25, 0.3) is 0 Å². The Morgan fingerprint density at radius 1 is 0.971 bits per heavy atom. The minimum absolute atomic E-state index is 0.0481. The monoisotopic (exact) mass is 502 g/mol. The van der Waals surface area contributed by atoms with Crippen molar-refractivity contribution >= 4 is 40.2 Å². The van der Waals surface area contributed by atoms with Crippen LogP contribution in [0, 0.1) is 11.6 Å². The number of fused-ring (bicyclic) bond motifs is 1. The minimum atomic E-state index is -0.550. The van der Waals surface area contributed by atoms with Crippen LogP contribution in [-0.4, -0.2) is 28.6 Å². The van der Waals surface area contributed by atoms with E-state index in [2.05, 4.69) is 0 Å². The summed E-state index contributed by atoms with van der Waals surface area (Å²) in [5.74, 6) is -0.635. The Balaban J connectivity index is 1.86. The molecule has 0 spiro atoms. The molecule has 8 heteroatoms. The van der Waals surface area contributed by atoms with Gasteiger partial charge >= 0.3 is 6.09 Å². The Bertz CT molecular complexity index is 1350. The van der Waals surface area contributed by atoms with Crippen molar-refractivity contribution in [2.45, 2.75) is 20.4 Å². The summed E-state index contributed by atoms with van der Waals surface area (Å²) in [6.07, 6.45) is 1.31. The molecule has 4 aromatic rings. The Morgan fingerprint density at radius 3 is 2.41 bits per heavy atom. The summed E-state index contributed by atoms with van der Waals surface area (Å²) >= 11 is 12.3. The van der Waals surface area contributed by atoms with Gasteiger partial charge in [-0.2, -0.15) is 0 Å². The standard InChI is InChI=1S/C26H22Cl2F2N2O2/c1-3-31(4-2)26(33)34-24-11-10-23-17(25(24)16-8-9-22(30)20(28)14-16)12-13-32(23)15-18-19(27)6-5-7-21(18)29/h5-14H,3-4,15H2,1-2H3. The Kier molecular flexibility index (Phi) is 7.10. The number of carbonyl (C=O) groups is 1. The van der Waals surface area contributed by atoms with E-state index in [4.69, 9.17) is 27.9 Å². The molecule has 3 aromatic carbocycles. The number of benzene rings is 3. The van der Waals surface area contributed by atoms with Crippen LogP contribution < -0.4 is 4.74 Å². The molecule has 0 unspecified atom stereocenters. The maximum Gasteiger partial charge on any atom is 0.415 e. The first-order valence-electron chi connectivity index (χ1n) is 10.8. The topological polar surface area (TPSA) is 34.5 Å². The third-order valence-electron chi connectivity index (χ3n) is 5.73. The molecule has 0 saturated carbocycles. The molecule has 0 N–H and O–H groups in total. The summed E-state index contributed by atoms with van der Waals surface area (Å²) in [4.78, 5) is 14.2. The van der Waals surface area contributed by atoms with E-state index >= 15 is 0 Å². The lowest BCUT2D eigenvalue weighted by Crippen LogP contribution is -2.33. The third-order valence-corrected chi connectivity index (χ3v) is 6.38. The van der Waals surface area contributed by atoms with Crippen LogP contribution in [0.1, 0.15) is 19.4 Å². The van der Waals surface area contributed by atoms with Crippen molar-refractivity contribution in [3.63, 3.8) is 0 Å². The third kappa shape index (κ3) is 4.61. The molecular weight excluding hydrogens is 481 g/mol. The van der Waals surface area contributed by atoms with E-state index in [1.165, 1.54) is 18.2 Å². The van der Waals surface area contributed by atoms with E-state index in [0.717, 1.165) is 10.9 Å². The average molecular weight is 503 g/mol. The normalized spacial score (nSPS) is 11.1. The first-order chi connectivity index (χ1) is 16.3. The maximum atomic E-state index is 14.4. The van der Waals surface area contributed by atoms with Gasteiger partial charge in [-0.3, -0.25) is 0 Å². The number of nitrogens with zero attached hydrogens (tertiary/aromatic N) is 2. The van der Waals surface area contributed by atoms with Crippen molar-refractivity contribution in [1.29, 1.82) is 0 Å². The second kappa shape index (κ2) is 10.0. The van der Waals surface area contributed by atoms with Crippen LogP contribution in [-0.2, 0) is 6.54 Å². The van der Waals surface area contributed by atoms with Crippen LogP contribution in [0.4, 0.5) is 13.6 Å². The van der Waals surface area contributed by atoms with Crippen molar-refractivity contribution in [2.24, 2.45) is 0 Å². The van der Waals surface area contributed by atoms with Crippen LogP contribution in [0.25, 0.3) is 22.0 Å². The molecule has 4 rings (SSSR count). The molecule has 0 aliphatic carbocycles. The Labute approximate surface area is 206 Å². The fourth-order valence-corrected chi connectivity index (χ4v) is 4.32. The summed E-state index contributed by atoms with van der Waals surface area (Å²) in [6, 6.07) is 14.2. The van der Waals surface area contributed by atoms with Crippen LogP contribution in [0.15, 0.2) is 60.8 Å². The van der Waals surface area contributed by atoms with E-state index in [1.807, 2.05) is 24.5 Å². The number of rotatable bonds is 6. The zero-order valence-electron chi connectivity index (χ0n) is 18.6. The molecule has 0 aliphatic heterocycles. The quantitative estimate of drug-likeness (QED) is 0.269. The molecule has 0 atom stereocenters. The highest BCUT2D eigenvalue weighted by Crippen LogP contribution is 2.39. The Morgan fingerprint density at radius 2 is 1.74 bits per heavy atom. The van der Waals surface area contributed by atoms with E-state index < -0.39 is 17.7 Å². The Hall–Kier alpha value is -3.09. The largest absolute Gasteiger partial charge is 0.415 e. The van der Waals surface area contributed by atoms with Gasteiger partial charge in [0, 0.05) is 46.3 Å². The van der Waals surface area contributed by atoms with Gasteiger partial charge in [0.1, 0.15) is 17.4 Å². The zero-order valence-corrected chi connectivity index (χ0v) is 20.1. The molecule has 1 amide bonds. The summed E-state index contributed by atoms with van der Waals surface area (Å²) in [6.45, 7) is 4.92. The van der Waals surface area contributed by atoms with Crippen molar-refractivity contribution in [2.75, 3.05) is 13.1 Å². The molecule has 0 aliphatic rings. The summed E-state index contributed by atoms with van der Waals surface area (Å²) in [7, 11) is 0. The predicted molar refractivity (Wildman–Crippen MR) is 132 cm³/mol. The van der Waals surface area contributed by atoms with E-state index in [0.29, 0.717) is 40.6 Å². The maximum absolute atomic E-state index is 14.4. The highest BCUT2D eigenvalue weighted by molar-refractivity contribution is 6.31. The zero-order chi connectivity index (χ0) is 24.4. The van der Waals surface area contributed by atoms with Crippen molar-refractivity contribution in [3.8, 4) is 16.9 Å². The molecule has 0 saturated heterocycles. The highest BCUT2D eigenvalue weighted by atomic mass is 35.5. The van der Waals surface area contributed by atoms with Crippen molar-refractivity contribution in [1.82, 2.24) is 9.47 Å². The van der Waals surface area contributed by atoms with Crippen molar-refractivity contribution in [3.05, 3.63) is 88.0 Å². The number of aromatic nitrogens is 1. The minimum Gasteiger partial charge on any atom is -0.410 e. The second-order valence-electron chi connectivity index (χ2n) is 7.68. The lowest BCUT2D eigenvalue weighted by atomic mass is 10.0. The summed E-state index contributed by atoms with van der Waals surface area (Å²) < 4.78 is 35.9. The first kappa shape index (κ1) is 24.0. The second-order valence-corrected chi connectivity index (χ2v) is 8.50. The van der Waals surface area contributed by atoms with Gasteiger partial charge in [0.15, 0.2) is 0 Å². The number of hydrogen-bond donors (Lipinski definition) is 0. The number of halogens is 4. The average Bonchev–Trinajstić information content (AvgIpc) is 3.22. The van der Waals surface area contributed by atoms with Gasteiger partial charge in [0.05, 0.1) is 11.6 Å². The van der Waals surface area contributed by atoms with Crippen LogP contribution in [0.5, 0.6) is 5.75 Å². The van der Waals surface area contributed by atoms with E-state index in [1.54, 1.807) is 41.4 Å². The number of carbonyl (C=O) groups excluding carboxylic acids is 1. The number of ether oxygens (including phenoxy) is 1. The number of hydrogen-bond acceptors (Lipinski definition) is 2. The molecule has 4 nitrogen and oxygen atoms in total. The smallest absolute Gasteiger partial charge is 0.410 e. The molecule has 34 heavy (non-hydrogen) atoms. The van der Waals surface area contributed by atoms with Gasteiger partial charge in [-0.25, -0.2) is 13.6 Å². The fraction of sp³-hybridized carbons (Fsp3) is 0.192. The lowest BCUT2D eigenvalue weighted by Gasteiger charge is -2.20. The van der Waals surface area contributed by atoms with Crippen LogP contribution in [0.3, 0.4) is 0 Å². The fourth-order valence-electron chi connectivity index (χ4n) is 3.92. The van der Waals surface area contributed by atoms with Gasteiger partial charge in [-0.15, -0.1) is 0 Å².